The van der Waals surface area contributed by atoms with Crippen LogP contribution in [0.25, 0.3) is 0 Å². The molecule has 0 spiro atoms. The Bertz CT molecular complexity index is 591. The number of nitro groups is 1. The smallest absolute Gasteiger partial charge is 0.322 e. The normalized spacial score (nSPS) is 10.1. The van der Waals surface area contributed by atoms with Gasteiger partial charge in [0.1, 0.15) is 12.4 Å². The molecule has 1 heterocycles. The van der Waals surface area contributed by atoms with Crippen LogP contribution in [-0.2, 0) is 0 Å². The van der Waals surface area contributed by atoms with E-state index in [9.17, 15) is 14.5 Å². The van der Waals surface area contributed by atoms with Crippen LogP contribution < -0.4 is 4.74 Å². The number of rotatable bonds is 3. The maximum Gasteiger partial charge on any atom is 0.322 e. The maximum atomic E-state index is 13.4. The van der Waals surface area contributed by atoms with E-state index in [1.54, 1.807) is 0 Å². The van der Waals surface area contributed by atoms with Crippen LogP contribution in [0.3, 0.4) is 0 Å². The van der Waals surface area contributed by atoms with Gasteiger partial charge in [0.2, 0.25) is 0 Å². The van der Waals surface area contributed by atoms with E-state index in [-0.39, 0.29) is 22.5 Å². The second kappa shape index (κ2) is 4.92. The Morgan fingerprint density at radius 1 is 1.33 bits per heavy atom. The fraction of sp³-hybridized carbons (Fsp3) is 0. The number of halogens is 2. The lowest BCUT2D eigenvalue weighted by molar-refractivity contribution is -0.385. The van der Waals surface area contributed by atoms with Crippen molar-refractivity contribution < 1.29 is 14.1 Å². The molecule has 0 fully saturated rings. The van der Waals surface area contributed by atoms with E-state index < -0.39 is 10.7 Å². The second-order valence-electron chi connectivity index (χ2n) is 3.16. The molecule has 0 bridgehead atoms. The third-order valence-corrected chi connectivity index (χ3v) is 2.16. The van der Waals surface area contributed by atoms with Crippen molar-refractivity contribution >= 4 is 17.3 Å². The topological polar surface area (TPSA) is 78.2 Å². The highest BCUT2D eigenvalue weighted by Gasteiger charge is 2.10. The third-order valence-electron chi connectivity index (χ3n) is 1.92. The molecule has 0 aliphatic heterocycles. The van der Waals surface area contributed by atoms with Crippen LogP contribution in [0.4, 0.5) is 10.1 Å². The fourth-order valence-electron chi connectivity index (χ4n) is 1.11. The predicted molar refractivity (Wildman–Crippen MR) is 60.2 cm³/mol. The molecule has 2 aromatic rings. The summed E-state index contributed by atoms with van der Waals surface area (Å²) in [6.07, 6.45) is 1.94. The standard InChI is InChI=1S/C10H5ClFN3O3/c11-6-1-2-9(8(12)3-6)18-10-13-4-7(5-14-10)15(16)17/h1-5H. The zero-order valence-electron chi connectivity index (χ0n) is 8.71. The van der Waals surface area contributed by atoms with Gasteiger partial charge in [-0.3, -0.25) is 10.1 Å². The minimum absolute atomic E-state index is 0.117. The summed E-state index contributed by atoms with van der Waals surface area (Å²) in [4.78, 5) is 16.9. The summed E-state index contributed by atoms with van der Waals surface area (Å²) >= 11 is 5.57. The Balaban J connectivity index is 2.21. The molecule has 8 heteroatoms. The molecule has 0 N–H and O–H groups in total. The summed E-state index contributed by atoms with van der Waals surface area (Å²) in [5, 5.41) is 10.6. The second-order valence-corrected chi connectivity index (χ2v) is 3.59. The molecule has 0 saturated heterocycles. The number of hydrogen-bond donors (Lipinski definition) is 0. The summed E-state index contributed by atoms with van der Waals surface area (Å²) in [5.74, 6) is -0.794. The quantitative estimate of drug-likeness (QED) is 0.632. The third kappa shape index (κ3) is 2.69. The summed E-state index contributed by atoms with van der Waals surface area (Å²) < 4.78 is 18.4. The molecule has 0 atom stereocenters. The average Bonchev–Trinajstić information content (AvgIpc) is 2.33. The number of benzene rings is 1. The minimum Gasteiger partial charge on any atom is -0.421 e. The van der Waals surface area contributed by atoms with E-state index >= 15 is 0 Å². The molecule has 0 unspecified atom stereocenters. The van der Waals surface area contributed by atoms with Crippen molar-refractivity contribution in [3.63, 3.8) is 0 Å². The highest BCUT2D eigenvalue weighted by molar-refractivity contribution is 6.30. The van der Waals surface area contributed by atoms with Gasteiger partial charge in [-0.05, 0) is 18.2 Å². The van der Waals surface area contributed by atoms with Gasteiger partial charge in [-0.15, -0.1) is 0 Å². The monoisotopic (exact) mass is 269 g/mol. The highest BCUT2D eigenvalue weighted by atomic mass is 35.5. The minimum atomic E-state index is -0.676. The molecule has 6 nitrogen and oxygen atoms in total. The highest BCUT2D eigenvalue weighted by Crippen LogP contribution is 2.24. The Morgan fingerprint density at radius 2 is 2.00 bits per heavy atom. The molecule has 1 aromatic carbocycles. The summed E-state index contributed by atoms with van der Waals surface area (Å²) in [5.41, 5.74) is -0.279. The van der Waals surface area contributed by atoms with Crippen molar-refractivity contribution in [1.29, 1.82) is 0 Å². The number of nitrogens with zero attached hydrogens (tertiary/aromatic N) is 3. The first kappa shape index (κ1) is 12.2. The van der Waals surface area contributed by atoms with Crippen LogP contribution in [-0.4, -0.2) is 14.9 Å². The summed E-state index contributed by atoms with van der Waals surface area (Å²) in [7, 11) is 0. The van der Waals surface area contributed by atoms with Crippen molar-refractivity contribution in [2.45, 2.75) is 0 Å². The number of ether oxygens (including phenoxy) is 1. The first-order valence-corrected chi connectivity index (χ1v) is 5.03. The Labute approximate surface area is 105 Å². The van der Waals surface area contributed by atoms with Crippen LogP contribution in [0.1, 0.15) is 0 Å². The number of hydrogen-bond acceptors (Lipinski definition) is 5. The van der Waals surface area contributed by atoms with Crippen LogP contribution >= 0.6 is 11.6 Å². The van der Waals surface area contributed by atoms with Crippen molar-refractivity contribution in [3.8, 4) is 11.8 Å². The van der Waals surface area contributed by atoms with Crippen LogP contribution in [0.2, 0.25) is 5.02 Å². The van der Waals surface area contributed by atoms with Crippen LogP contribution in [0.15, 0.2) is 30.6 Å². The molecule has 0 radical (unpaired) electrons. The van der Waals surface area contributed by atoms with Gasteiger partial charge in [-0.1, -0.05) is 11.6 Å². The zero-order chi connectivity index (χ0) is 13.1. The van der Waals surface area contributed by atoms with Crippen molar-refractivity contribution in [3.05, 3.63) is 51.5 Å². The lowest BCUT2D eigenvalue weighted by Crippen LogP contribution is -1.96. The van der Waals surface area contributed by atoms with Crippen LogP contribution in [0.5, 0.6) is 11.8 Å². The molecule has 92 valence electrons. The lowest BCUT2D eigenvalue weighted by atomic mass is 10.3. The summed E-state index contributed by atoms with van der Waals surface area (Å²) in [6.45, 7) is 0. The molecular weight excluding hydrogens is 265 g/mol. The van der Waals surface area contributed by atoms with E-state index in [1.165, 1.54) is 12.1 Å². The van der Waals surface area contributed by atoms with Gasteiger partial charge in [-0.2, -0.15) is 9.97 Å². The Hall–Kier alpha value is -2.28. The van der Waals surface area contributed by atoms with Crippen molar-refractivity contribution in [1.82, 2.24) is 9.97 Å². The van der Waals surface area contributed by atoms with Gasteiger partial charge >= 0.3 is 11.7 Å². The molecular formula is C10H5ClFN3O3. The van der Waals surface area contributed by atoms with Crippen molar-refractivity contribution in [2.75, 3.05) is 0 Å². The SMILES string of the molecule is O=[N+]([O-])c1cnc(Oc2ccc(Cl)cc2F)nc1. The van der Waals surface area contributed by atoms with Gasteiger partial charge in [0, 0.05) is 5.02 Å². The Morgan fingerprint density at radius 3 is 2.56 bits per heavy atom. The van der Waals surface area contributed by atoms with Gasteiger partial charge < -0.3 is 4.74 Å². The van der Waals surface area contributed by atoms with Crippen molar-refractivity contribution in [2.24, 2.45) is 0 Å². The van der Waals surface area contributed by atoms with Crippen LogP contribution in [0, 0.1) is 15.9 Å². The summed E-state index contributed by atoms with van der Waals surface area (Å²) in [6, 6.07) is 3.62. The van der Waals surface area contributed by atoms with E-state index in [1.807, 2.05) is 0 Å². The first-order chi connectivity index (χ1) is 8.56. The van der Waals surface area contributed by atoms with E-state index in [4.69, 9.17) is 16.3 Å². The molecule has 0 aliphatic carbocycles. The average molecular weight is 270 g/mol. The Kier molecular flexibility index (Phi) is 3.33. The largest absolute Gasteiger partial charge is 0.421 e. The molecule has 18 heavy (non-hydrogen) atoms. The predicted octanol–water partition coefficient (Wildman–Crippen LogP) is 2.97. The van der Waals surface area contributed by atoms with Gasteiger partial charge in [0.05, 0.1) is 4.92 Å². The zero-order valence-corrected chi connectivity index (χ0v) is 9.46. The van der Waals surface area contributed by atoms with E-state index in [0.717, 1.165) is 18.5 Å². The first-order valence-electron chi connectivity index (χ1n) is 4.65. The number of aromatic nitrogens is 2. The molecule has 0 aliphatic rings. The maximum absolute atomic E-state index is 13.4. The van der Waals surface area contributed by atoms with E-state index in [0.29, 0.717) is 0 Å². The molecule has 0 saturated carbocycles. The van der Waals surface area contributed by atoms with E-state index in [2.05, 4.69) is 9.97 Å². The van der Waals surface area contributed by atoms with Gasteiger partial charge in [0.25, 0.3) is 0 Å². The van der Waals surface area contributed by atoms with Gasteiger partial charge in [0.15, 0.2) is 11.6 Å². The molecule has 0 amide bonds. The molecule has 2 rings (SSSR count). The molecule has 1 aromatic heterocycles. The van der Waals surface area contributed by atoms with Gasteiger partial charge in [-0.25, -0.2) is 4.39 Å². The fourth-order valence-corrected chi connectivity index (χ4v) is 1.27. The lowest BCUT2D eigenvalue weighted by Gasteiger charge is -2.04.